The number of hydrogen-bond acceptors (Lipinski definition) is 2. The molecule has 0 radical (unpaired) electrons. The maximum absolute atomic E-state index is 3.84. The zero-order chi connectivity index (χ0) is 14.5. The van der Waals surface area contributed by atoms with E-state index in [0.717, 1.165) is 11.2 Å². The third kappa shape index (κ3) is 4.26. The van der Waals surface area contributed by atoms with E-state index >= 15 is 0 Å². The minimum absolute atomic E-state index is 0.459. The molecule has 1 aliphatic carbocycles. The molecule has 3 unspecified atom stereocenters. The van der Waals surface area contributed by atoms with Gasteiger partial charge in [-0.3, -0.25) is 0 Å². The van der Waals surface area contributed by atoms with Gasteiger partial charge in [-0.1, -0.05) is 44.5 Å². The van der Waals surface area contributed by atoms with E-state index < -0.39 is 0 Å². The molecule has 0 aliphatic heterocycles. The summed E-state index contributed by atoms with van der Waals surface area (Å²) in [5.74, 6) is 0.734. The zero-order valence-corrected chi connectivity index (χ0v) is 14.2. The second-order valence-electron chi connectivity index (χ2n) is 6.54. The predicted octanol–water partition coefficient (Wildman–Crippen LogP) is 4.82. The van der Waals surface area contributed by atoms with Gasteiger partial charge in [-0.05, 0) is 49.5 Å². The van der Waals surface area contributed by atoms with Crippen LogP contribution < -0.4 is 5.32 Å². The molecule has 20 heavy (non-hydrogen) atoms. The van der Waals surface area contributed by atoms with Crippen LogP contribution in [0.4, 0.5) is 0 Å². The van der Waals surface area contributed by atoms with E-state index in [0.29, 0.717) is 12.1 Å². The molecule has 0 heterocycles. The molecule has 0 bridgehead atoms. The molecule has 0 aromatic heterocycles. The molecule has 1 aromatic rings. The zero-order valence-electron chi connectivity index (χ0n) is 13.4. The van der Waals surface area contributed by atoms with Crippen LogP contribution in [-0.4, -0.2) is 17.5 Å². The molecule has 2 heteroatoms. The molecule has 1 aromatic carbocycles. The lowest BCUT2D eigenvalue weighted by atomic mass is 9.99. The summed E-state index contributed by atoms with van der Waals surface area (Å²) >= 11 is 2.02. The lowest BCUT2D eigenvalue weighted by molar-refractivity contribution is 0.467. The Morgan fingerprint density at radius 2 is 1.85 bits per heavy atom. The van der Waals surface area contributed by atoms with Gasteiger partial charge in [0.2, 0.25) is 0 Å². The fourth-order valence-corrected chi connectivity index (χ4v) is 4.18. The molecular weight excluding hydrogens is 262 g/mol. The van der Waals surface area contributed by atoms with Crippen LogP contribution >= 0.6 is 11.8 Å². The van der Waals surface area contributed by atoms with Crippen molar-refractivity contribution in [1.82, 2.24) is 5.32 Å². The van der Waals surface area contributed by atoms with E-state index in [1.54, 1.807) is 0 Å². The summed E-state index contributed by atoms with van der Waals surface area (Å²) in [7, 11) is 0. The molecule has 0 saturated heterocycles. The van der Waals surface area contributed by atoms with Crippen LogP contribution in [0.1, 0.15) is 57.2 Å². The van der Waals surface area contributed by atoms with Gasteiger partial charge in [0.25, 0.3) is 0 Å². The first-order valence-corrected chi connectivity index (χ1v) is 9.26. The van der Waals surface area contributed by atoms with Crippen molar-refractivity contribution >= 4 is 11.8 Å². The van der Waals surface area contributed by atoms with Crippen LogP contribution in [0.15, 0.2) is 24.3 Å². The standard InChI is InChI=1S/C18H29NS/c1-13(2)12-15-8-10-16(11-9-15)14(3)19-17-6-5-7-18(17)20-4/h8-11,13-14,17-19H,5-7,12H2,1-4H3. The number of hydrogen-bond donors (Lipinski definition) is 1. The maximum Gasteiger partial charge on any atom is 0.0294 e. The first-order valence-electron chi connectivity index (χ1n) is 7.98. The molecule has 0 spiro atoms. The Morgan fingerprint density at radius 3 is 2.45 bits per heavy atom. The Hall–Kier alpha value is -0.470. The van der Waals surface area contributed by atoms with Gasteiger partial charge in [-0.2, -0.15) is 11.8 Å². The molecule has 1 nitrogen and oxygen atoms in total. The quantitative estimate of drug-likeness (QED) is 0.806. The molecule has 112 valence electrons. The highest BCUT2D eigenvalue weighted by atomic mass is 32.2. The normalized spacial score (nSPS) is 24.2. The van der Waals surface area contributed by atoms with Crippen LogP contribution in [0.3, 0.4) is 0 Å². The summed E-state index contributed by atoms with van der Waals surface area (Å²) in [6.45, 7) is 6.86. The average Bonchev–Trinajstić information content (AvgIpc) is 2.86. The SMILES string of the molecule is CSC1CCCC1NC(C)c1ccc(CC(C)C)cc1. The van der Waals surface area contributed by atoms with Crippen LogP contribution in [0.2, 0.25) is 0 Å². The second-order valence-corrected chi connectivity index (χ2v) is 7.62. The fourth-order valence-electron chi connectivity index (χ4n) is 3.23. The van der Waals surface area contributed by atoms with Gasteiger partial charge in [0.1, 0.15) is 0 Å². The molecule has 1 saturated carbocycles. The Kier molecular flexibility index (Phi) is 5.98. The van der Waals surface area contributed by atoms with Crippen LogP contribution in [0, 0.1) is 5.92 Å². The monoisotopic (exact) mass is 291 g/mol. The van der Waals surface area contributed by atoms with E-state index in [-0.39, 0.29) is 0 Å². The van der Waals surface area contributed by atoms with Crippen molar-refractivity contribution < 1.29 is 0 Å². The first kappa shape index (κ1) is 15.9. The molecule has 3 atom stereocenters. The highest BCUT2D eigenvalue weighted by Gasteiger charge is 2.27. The maximum atomic E-state index is 3.84. The summed E-state index contributed by atoms with van der Waals surface area (Å²) in [6.07, 6.45) is 7.51. The Labute approximate surface area is 128 Å². The highest BCUT2D eigenvalue weighted by Crippen LogP contribution is 2.30. The molecule has 2 rings (SSSR count). The Bertz CT molecular complexity index is 398. The molecule has 1 fully saturated rings. The summed E-state index contributed by atoms with van der Waals surface area (Å²) in [4.78, 5) is 0. The van der Waals surface area contributed by atoms with Crippen molar-refractivity contribution in [2.45, 2.75) is 63.8 Å². The van der Waals surface area contributed by atoms with Crippen molar-refractivity contribution in [2.24, 2.45) is 5.92 Å². The van der Waals surface area contributed by atoms with Crippen molar-refractivity contribution in [3.63, 3.8) is 0 Å². The number of thioether (sulfide) groups is 1. The summed E-state index contributed by atoms with van der Waals surface area (Å²) in [5, 5.41) is 4.64. The van der Waals surface area contributed by atoms with Crippen LogP contribution in [0.25, 0.3) is 0 Å². The number of rotatable bonds is 6. The molecule has 1 aliphatic rings. The van der Waals surface area contributed by atoms with Crippen LogP contribution in [0.5, 0.6) is 0 Å². The highest BCUT2D eigenvalue weighted by molar-refractivity contribution is 7.99. The molecule has 1 N–H and O–H groups in total. The van der Waals surface area contributed by atoms with Gasteiger partial charge in [0, 0.05) is 17.3 Å². The lowest BCUT2D eigenvalue weighted by Gasteiger charge is -2.24. The largest absolute Gasteiger partial charge is 0.306 e. The van der Waals surface area contributed by atoms with E-state index in [1.165, 1.54) is 36.8 Å². The third-order valence-corrected chi connectivity index (χ3v) is 5.51. The summed E-state index contributed by atoms with van der Waals surface area (Å²) in [5.41, 5.74) is 2.88. The minimum atomic E-state index is 0.459. The van der Waals surface area contributed by atoms with E-state index in [4.69, 9.17) is 0 Å². The number of nitrogens with one attached hydrogen (secondary N) is 1. The Morgan fingerprint density at radius 1 is 1.15 bits per heavy atom. The van der Waals surface area contributed by atoms with Crippen molar-refractivity contribution in [3.8, 4) is 0 Å². The average molecular weight is 292 g/mol. The molecule has 0 amide bonds. The third-order valence-electron chi connectivity index (χ3n) is 4.34. The van der Waals surface area contributed by atoms with Crippen LogP contribution in [-0.2, 0) is 6.42 Å². The summed E-state index contributed by atoms with van der Waals surface area (Å²) < 4.78 is 0. The van der Waals surface area contributed by atoms with Crippen molar-refractivity contribution in [2.75, 3.05) is 6.26 Å². The smallest absolute Gasteiger partial charge is 0.0294 e. The fraction of sp³-hybridized carbons (Fsp3) is 0.667. The van der Waals surface area contributed by atoms with Gasteiger partial charge in [-0.25, -0.2) is 0 Å². The topological polar surface area (TPSA) is 12.0 Å². The van der Waals surface area contributed by atoms with Crippen molar-refractivity contribution in [3.05, 3.63) is 35.4 Å². The van der Waals surface area contributed by atoms with Gasteiger partial charge in [0.05, 0.1) is 0 Å². The van der Waals surface area contributed by atoms with E-state index in [9.17, 15) is 0 Å². The first-order chi connectivity index (χ1) is 9.60. The lowest BCUT2D eigenvalue weighted by Crippen LogP contribution is -2.35. The molecular formula is C18H29NS. The summed E-state index contributed by atoms with van der Waals surface area (Å²) in [6, 6.07) is 10.4. The Balaban J connectivity index is 1.93. The van der Waals surface area contributed by atoms with Crippen molar-refractivity contribution in [1.29, 1.82) is 0 Å². The van der Waals surface area contributed by atoms with Gasteiger partial charge < -0.3 is 5.32 Å². The predicted molar refractivity (Wildman–Crippen MR) is 91.5 cm³/mol. The van der Waals surface area contributed by atoms with Gasteiger partial charge in [-0.15, -0.1) is 0 Å². The van der Waals surface area contributed by atoms with E-state index in [2.05, 4.69) is 56.6 Å². The second kappa shape index (κ2) is 7.51. The number of benzene rings is 1. The van der Waals surface area contributed by atoms with Gasteiger partial charge in [0.15, 0.2) is 0 Å². The minimum Gasteiger partial charge on any atom is -0.306 e. The van der Waals surface area contributed by atoms with Gasteiger partial charge >= 0.3 is 0 Å². The van der Waals surface area contributed by atoms with E-state index in [1.807, 2.05) is 11.8 Å².